The molecule has 0 N–H and O–H groups in total. The summed E-state index contributed by atoms with van der Waals surface area (Å²) in [5.74, 6) is 0.437. The molecular weight excluding hydrogens is 362 g/mol. The molecule has 2 unspecified atom stereocenters. The molecule has 1 aliphatic carbocycles. The largest absolute Gasteiger partial charge is 0.493 e. The van der Waals surface area contributed by atoms with Gasteiger partial charge in [0.1, 0.15) is 0 Å². The molecule has 1 aromatic rings. The number of benzene rings is 1. The van der Waals surface area contributed by atoms with Crippen molar-refractivity contribution in [2.24, 2.45) is 5.92 Å². The molecule has 7 heteroatoms. The van der Waals surface area contributed by atoms with Crippen molar-refractivity contribution >= 4 is 12.1 Å². The Kier molecular flexibility index (Phi) is 6.65. The van der Waals surface area contributed by atoms with Gasteiger partial charge in [-0.3, -0.25) is 4.79 Å². The van der Waals surface area contributed by atoms with Gasteiger partial charge >= 0.3 is 12.1 Å². The molecular formula is C21H29NO6. The summed E-state index contributed by atoms with van der Waals surface area (Å²) in [6.07, 6.45) is 4.19. The van der Waals surface area contributed by atoms with Gasteiger partial charge in [0.15, 0.2) is 11.5 Å². The van der Waals surface area contributed by atoms with Crippen molar-refractivity contribution in [1.82, 2.24) is 4.90 Å². The standard InChI is InChI=1S/C21H29NO6/c1-4-27-20(23)17-13-22(21(24)26-3)12-16(17)14-9-10-18(25-2)19(11-14)28-15-7-5-6-8-15/h9-11,15-17H,4-8,12-13H2,1-3H3. The molecule has 28 heavy (non-hydrogen) atoms. The van der Waals surface area contributed by atoms with E-state index in [9.17, 15) is 9.59 Å². The Hall–Kier alpha value is -2.44. The molecule has 3 rings (SSSR count). The van der Waals surface area contributed by atoms with E-state index < -0.39 is 12.0 Å². The topological polar surface area (TPSA) is 74.3 Å². The summed E-state index contributed by atoms with van der Waals surface area (Å²) < 4.78 is 21.7. The van der Waals surface area contributed by atoms with Crippen LogP contribution in [0.5, 0.6) is 11.5 Å². The van der Waals surface area contributed by atoms with Gasteiger partial charge in [0, 0.05) is 19.0 Å². The maximum absolute atomic E-state index is 12.5. The number of carbonyl (C=O) groups is 2. The van der Waals surface area contributed by atoms with Crippen LogP contribution in [-0.4, -0.2) is 57.0 Å². The monoisotopic (exact) mass is 391 g/mol. The van der Waals surface area contributed by atoms with Gasteiger partial charge < -0.3 is 23.8 Å². The van der Waals surface area contributed by atoms with E-state index in [4.69, 9.17) is 18.9 Å². The van der Waals surface area contributed by atoms with Crippen LogP contribution in [0, 0.1) is 5.92 Å². The van der Waals surface area contributed by atoms with Crippen LogP contribution in [-0.2, 0) is 14.3 Å². The fourth-order valence-electron chi connectivity index (χ4n) is 4.11. The zero-order valence-corrected chi connectivity index (χ0v) is 16.8. The maximum Gasteiger partial charge on any atom is 0.409 e. The lowest BCUT2D eigenvalue weighted by atomic mass is 9.88. The highest BCUT2D eigenvalue weighted by Crippen LogP contribution is 2.39. The van der Waals surface area contributed by atoms with E-state index in [2.05, 4.69) is 0 Å². The number of likely N-dealkylation sites (tertiary alicyclic amines) is 1. The first-order valence-electron chi connectivity index (χ1n) is 9.91. The Labute approximate surface area is 165 Å². The van der Waals surface area contributed by atoms with Crippen LogP contribution in [0.4, 0.5) is 4.79 Å². The average Bonchev–Trinajstić information content (AvgIpc) is 3.37. The van der Waals surface area contributed by atoms with Crippen molar-refractivity contribution in [2.45, 2.75) is 44.6 Å². The summed E-state index contributed by atoms with van der Waals surface area (Å²) in [6, 6.07) is 5.73. The summed E-state index contributed by atoms with van der Waals surface area (Å²) in [5.41, 5.74) is 0.929. The van der Waals surface area contributed by atoms with Gasteiger partial charge in [0.25, 0.3) is 0 Å². The SMILES string of the molecule is CCOC(=O)C1CN(C(=O)OC)CC1c1ccc(OC)c(OC2CCCC2)c1. The fourth-order valence-corrected chi connectivity index (χ4v) is 4.11. The van der Waals surface area contributed by atoms with E-state index in [1.807, 2.05) is 18.2 Å². The smallest absolute Gasteiger partial charge is 0.409 e. The number of carbonyl (C=O) groups excluding carboxylic acids is 2. The molecule has 0 radical (unpaired) electrons. The van der Waals surface area contributed by atoms with Gasteiger partial charge in [0.05, 0.1) is 32.8 Å². The number of esters is 1. The van der Waals surface area contributed by atoms with E-state index in [1.54, 1.807) is 18.9 Å². The van der Waals surface area contributed by atoms with Gasteiger partial charge in [0.2, 0.25) is 0 Å². The highest BCUT2D eigenvalue weighted by atomic mass is 16.5. The predicted octanol–water partition coefficient (Wildman–Crippen LogP) is 3.36. The molecule has 1 aromatic carbocycles. The Morgan fingerprint density at radius 3 is 2.50 bits per heavy atom. The van der Waals surface area contributed by atoms with E-state index in [0.29, 0.717) is 24.7 Å². The molecule has 154 valence electrons. The van der Waals surface area contributed by atoms with Gasteiger partial charge in [-0.1, -0.05) is 6.07 Å². The Bertz CT molecular complexity index is 700. The van der Waals surface area contributed by atoms with Crippen molar-refractivity contribution in [3.05, 3.63) is 23.8 Å². The first-order valence-corrected chi connectivity index (χ1v) is 9.91. The summed E-state index contributed by atoms with van der Waals surface area (Å²) in [5, 5.41) is 0. The van der Waals surface area contributed by atoms with Crippen LogP contribution in [0.2, 0.25) is 0 Å². The van der Waals surface area contributed by atoms with Crippen LogP contribution in [0.25, 0.3) is 0 Å². The van der Waals surface area contributed by atoms with Crippen molar-refractivity contribution in [1.29, 1.82) is 0 Å². The molecule has 7 nitrogen and oxygen atoms in total. The number of rotatable bonds is 6. The minimum absolute atomic E-state index is 0.185. The Morgan fingerprint density at radius 1 is 1.11 bits per heavy atom. The average molecular weight is 391 g/mol. The molecule has 0 aromatic heterocycles. The number of hydrogen-bond donors (Lipinski definition) is 0. The second kappa shape index (κ2) is 9.17. The highest BCUT2D eigenvalue weighted by Gasteiger charge is 2.42. The molecule has 2 atom stereocenters. The van der Waals surface area contributed by atoms with Crippen LogP contribution in [0.15, 0.2) is 18.2 Å². The fraction of sp³-hybridized carbons (Fsp3) is 0.619. The van der Waals surface area contributed by atoms with Crippen molar-refractivity contribution in [3.63, 3.8) is 0 Å². The molecule has 1 aliphatic heterocycles. The molecule has 0 bridgehead atoms. The first-order chi connectivity index (χ1) is 13.6. The van der Waals surface area contributed by atoms with Crippen LogP contribution in [0.3, 0.4) is 0 Å². The molecule has 0 spiro atoms. The third-order valence-electron chi connectivity index (χ3n) is 5.55. The second-order valence-electron chi connectivity index (χ2n) is 7.27. The quantitative estimate of drug-likeness (QED) is 0.692. The van der Waals surface area contributed by atoms with Crippen LogP contribution in [0.1, 0.15) is 44.1 Å². The third-order valence-corrected chi connectivity index (χ3v) is 5.55. The second-order valence-corrected chi connectivity index (χ2v) is 7.27. The minimum Gasteiger partial charge on any atom is -0.493 e. The zero-order valence-electron chi connectivity index (χ0n) is 16.8. The van der Waals surface area contributed by atoms with Gasteiger partial charge in [-0.25, -0.2) is 4.79 Å². The van der Waals surface area contributed by atoms with Gasteiger partial charge in [-0.2, -0.15) is 0 Å². The summed E-state index contributed by atoms with van der Waals surface area (Å²) in [6.45, 7) is 2.76. The molecule has 1 heterocycles. The molecule has 1 saturated heterocycles. The molecule has 1 saturated carbocycles. The molecule has 1 amide bonds. The summed E-state index contributed by atoms with van der Waals surface area (Å²) in [7, 11) is 2.96. The van der Waals surface area contributed by atoms with E-state index in [1.165, 1.54) is 20.0 Å². The lowest BCUT2D eigenvalue weighted by Gasteiger charge is -2.21. The van der Waals surface area contributed by atoms with E-state index in [-0.39, 0.29) is 24.5 Å². The number of amides is 1. The van der Waals surface area contributed by atoms with Crippen LogP contribution < -0.4 is 9.47 Å². The van der Waals surface area contributed by atoms with Gasteiger partial charge in [-0.15, -0.1) is 0 Å². The Morgan fingerprint density at radius 2 is 1.86 bits per heavy atom. The van der Waals surface area contributed by atoms with E-state index in [0.717, 1.165) is 18.4 Å². The predicted molar refractivity (Wildman–Crippen MR) is 103 cm³/mol. The van der Waals surface area contributed by atoms with Crippen molar-refractivity contribution in [3.8, 4) is 11.5 Å². The van der Waals surface area contributed by atoms with E-state index >= 15 is 0 Å². The lowest BCUT2D eigenvalue weighted by Crippen LogP contribution is -2.30. The number of nitrogens with zero attached hydrogens (tertiary/aromatic N) is 1. The number of hydrogen-bond acceptors (Lipinski definition) is 6. The normalized spacial score (nSPS) is 22.2. The molecule has 2 fully saturated rings. The van der Waals surface area contributed by atoms with Crippen molar-refractivity contribution < 1.29 is 28.5 Å². The third kappa shape index (κ3) is 4.34. The summed E-state index contributed by atoms with van der Waals surface area (Å²) >= 11 is 0. The molecule has 2 aliphatic rings. The zero-order chi connectivity index (χ0) is 20.1. The number of methoxy groups -OCH3 is 2. The Balaban J connectivity index is 1.87. The van der Waals surface area contributed by atoms with Gasteiger partial charge in [-0.05, 0) is 50.3 Å². The maximum atomic E-state index is 12.5. The van der Waals surface area contributed by atoms with Crippen molar-refractivity contribution in [2.75, 3.05) is 33.9 Å². The minimum atomic E-state index is -0.438. The lowest BCUT2D eigenvalue weighted by molar-refractivity contribution is -0.147. The summed E-state index contributed by atoms with van der Waals surface area (Å²) in [4.78, 5) is 26.1. The first kappa shape index (κ1) is 20.3. The van der Waals surface area contributed by atoms with Crippen LogP contribution >= 0.6 is 0 Å². The number of ether oxygens (including phenoxy) is 4. The highest BCUT2D eigenvalue weighted by molar-refractivity contribution is 5.77.